The minimum atomic E-state index is 0.530. The molecule has 0 aliphatic heterocycles. The van der Waals surface area contributed by atoms with E-state index in [0.29, 0.717) is 18.1 Å². The van der Waals surface area contributed by atoms with Gasteiger partial charge in [-0.15, -0.1) is 0 Å². The first-order valence-electron chi connectivity index (χ1n) is 7.86. The molecule has 3 aromatic rings. The van der Waals surface area contributed by atoms with Crippen LogP contribution in [0.1, 0.15) is 25.0 Å². The van der Waals surface area contributed by atoms with Crippen molar-refractivity contribution in [1.82, 2.24) is 4.57 Å². The van der Waals surface area contributed by atoms with Crippen molar-refractivity contribution in [2.24, 2.45) is 5.92 Å². The van der Waals surface area contributed by atoms with Gasteiger partial charge in [-0.3, -0.25) is 0 Å². The molecule has 116 valence electrons. The van der Waals surface area contributed by atoms with Crippen molar-refractivity contribution in [3.05, 3.63) is 65.9 Å². The molecule has 0 atom stereocenters. The molecule has 23 heavy (non-hydrogen) atoms. The summed E-state index contributed by atoms with van der Waals surface area (Å²) in [6.45, 7) is 5.68. The predicted molar refractivity (Wildman–Crippen MR) is 92.5 cm³/mol. The van der Waals surface area contributed by atoms with E-state index in [2.05, 4.69) is 48.9 Å². The van der Waals surface area contributed by atoms with Crippen LogP contribution in [0.4, 0.5) is 0 Å². The second kappa shape index (κ2) is 6.68. The molecule has 0 radical (unpaired) electrons. The minimum absolute atomic E-state index is 0.530. The molecule has 3 rings (SSSR count). The quantitative estimate of drug-likeness (QED) is 0.686. The van der Waals surface area contributed by atoms with E-state index in [-0.39, 0.29) is 0 Å². The number of rotatable bonds is 5. The fourth-order valence-corrected chi connectivity index (χ4v) is 2.68. The number of fused-ring (bicyclic) bond motifs is 1. The minimum Gasteiger partial charge on any atom is -0.376 e. The number of para-hydroxylation sites is 1. The summed E-state index contributed by atoms with van der Waals surface area (Å²) in [6, 6.07) is 18.1. The normalized spacial score (nSPS) is 11.0. The molecule has 0 N–H and O–H groups in total. The molecular weight excluding hydrogens is 284 g/mol. The molecule has 1 heterocycles. The van der Waals surface area contributed by atoms with E-state index in [0.717, 1.165) is 17.8 Å². The highest BCUT2D eigenvalue weighted by Crippen LogP contribution is 2.25. The van der Waals surface area contributed by atoms with Crippen LogP contribution in [0.5, 0.6) is 0 Å². The standard InChI is InChI=1S/C20H20N2O/c1-15(2)13-23-14-17-12-22(20-6-4-3-5-19(17)20)18-9-7-16(11-21)8-10-18/h3-10,12,15H,13-14H2,1-2H3. The van der Waals surface area contributed by atoms with Gasteiger partial charge in [0.25, 0.3) is 0 Å². The molecule has 0 amide bonds. The summed E-state index contributed by atoms with van der Waals surface area (Å²) >= 11 is 0. The van der Waals surface area contributed by atoms with Gasteiger partial charge in [0, 0.05) is 29.4 Å². The number of ether oxygens (including phenoxy) is 1. The Morgan fingerprint density at radius 3 is 2.52 bits per heavy atom. The van der Waals surface area contributed by atoms with E-state index in [9.17, 15) is 0 Å². The molecule has 0 saturated heterocycles. The van der Waals surface area contributed by atoms with Crippen molar-refractivity contribution < 1.29 is 4.74 Å². The summed E-state index contributed by atoms with van der Waals surface area (Å²) in [7, 11) is 0. The summed E-state index contributed by atoms with van der Waals surface area (Å²) in [4.78, 5) is 0. The van der Waals surface area contributed by atoms with E-state index >= 15 is 0 Å². The average molecular weight is 304 g/mol. The zero-order chi connectivity index (χ0) is 16.2. The number of nitriles is 1. The molecule has 2 aromatic carbocycles. The fraction of sp³-hybridized carbons (Fsp3) is 0.250. The number of benzene rings is 2. The third-order valence-corrected chi connectivity index (χ3v) is 3.78. The van der Waals surface area contributed by atoms with Crippen molar-refractivity contribution in [3.63, 3.8) is 0 Å². The molecule has 0 unspecified atom stereocenters. The first-order valence-corrected chi connectivity index (χ1v) is 7.86. The smallest absolute Gasteiger partial charge is 0.0991 e. The van der Waals surface area contributed by atoms with Gasteiger partial charge in [0.05, 0.1) is 23.8 Å². The van der Waals surface area contributed by atoms with Gasteiger partial charge >= 0.3 is 0 Å². The SMILES string of the molecule is CC(C)COCc1cn(-c2ccc(C#N)cc2)c2ccccc12. The van der Waals surface area contributed by atoms with Crippen LogP contribution in [0.25, 0.3) is 16.6 Å². The molecular formula is C20H20N2O. The van der Waals surface area contributed by atoms with E-state index in [1.54, 1.807) is 0 Å². The first-order chi connectivity index (χ1) is 11.2. The highest BCUT2D eigenvalue weighted by Gasteiger charge is 2.10. The third kappa shape index (κ3) is 3.28. The molecule has 3 nitrogen and oxygen atoms in total. The Balaban J connectivity index is 1.98. The lowest BCUT2D eigenvalue weighted by atomic mass is 10.2. The monoisotopic (exact) mass is 304 g/mol. The van der Waals surface area contributed by atoms with Gasteiger partial charge in [-0.05, 0) is 36.2 Å². The van der Waals surface area contributed by atoms with Gasteiger partial charge in [-0.25, -0.2) is 0 Å². The lowest BCUT2D eigenvalue weighted by Gasteiger charge is -2.05. The molecule has 0 spiro atoms. The predicted octanol–water partition coefficient (Wildman–Crippen LogP) is 4.67. The molecule has 0 saturated carbocycles. The maximum absolute atomic E-state index is 8.94. The Hall–Kier alpha value is -2.57. The summed E-state index contributed by atoms with van der Waals surface area (Å²) in [6.07, 6.45) is 2.13. The highest BCUT2D eigenvalue weighted by molar-refractivity contribution is 5.85. The molecule has 0 aliphatic carbocycles. The number of aromatic nitrogens is 1. The van der Waals surface area contributed by atoms with Crippen molar-refractivity contribution in [2.45, 2.75) is 20.5 Å². The largest absolute Gasteiger partial charge is 0.376 e. The Bertz CT molecular complexity index is 838. The van der Waals surface area contributed by atoms with Gasteiger partial charge in [-0.2, -0.15) is 5.26 Å². The van der Waals surface area contributed by atoms with Gasteiger partial charge in [0.2, 0.25) is 0 Å². The van der Waals surface area contributed by atoms with Crippen LogP contribution < -0.4 is 0 Å². The number of hydrogen-bond donors (Lipinski definition) is 0. The van der Waals surface area contributed by atoms with Gasteiger partial charge in [0.15, 0.2) is 0 Å². The zero-order valence-corrected chi connectivity index (χ0v) is 13.5. The summed E-state index contributed by atoms with van der Waals surface area (Å²) in [5.41, 5.74) is 4.06. The Kier molecular flexibility index (Phi) is 4.45. The second-order valence-electron chi connectivity index (χ2n) is 6.11. The van der Waals surface area contributed by atoms with E-state index in [1.165, 1.54) is 10.9 Å². The van der Waals surface area contributed by atoms with Gasteiger partial charge in [0.1, 0.15) is 0 Å². The molecule has 0 bridgehead atoms. The van der Waals surface area contributed by atoms with Crippen molar-refractivity contribution in [2.75, 3.05) is 6.61 Å². The third-order valence-electron chi connectivity index (χ3n) is 3.78. The van der Waals surface area contributed by atoms with Crippen molar-refractivity contribution >= 4 is 10.9 Å². The zero-order valence-electron chi connectivity index (χ0n) is 13.5. The lowest BCUT2D eigenvalue weighted by Crippen LogP contribution is -2.01. The highest BCUT2D eigenvalue weighted by atomic mass is 16.5. The van der Waals surface area contributed by atoms with Crippen LogP contribution in [0.2, 0.25) is 0 Å². The van der Waals surface area contributed by atoms with Crippen LogP contribution in [-0.2, 0) is 11.3 Å². The Morgan fingerprint density at radius 1 is 1.09 bits per heavy atom. The average Bonchev–Trinajstić information content (AvgIpc) is 2.94. The number of nitrogens with zero attached hydrogens (tertiary/aromatic N) is 2. The lowest BCUT2D eigenvalue weighted by molar-refractivity contribution is 0.0978. The van der Waals surface area contributed by atoms with Crippen molar-refractivity contribution in [3.8, 4) is 11.8 Å². The fourth-order valence-electron chi connectivity index (χ4n) is 2.68. The van der Waals surface area contributed by atoms with Gasteiger partial charge < -0.3 is 9.30 Å². The molecule has 0 aliphatic rings. The maximum Gasteiger partial charge on any atom is 0.0991 e. The summed E-state index contributed by atoms with van der Waals surface area (Å²) < 4.78 is 7.98. The number of hydrogen-bond acceptors (Lipinski definition) is 2. The summed E-state index contributed by atoms with van der Waals surface area (Å²) in [5.74, 6) is 0.530. The second-order valence-corrected chi connectivity index (χ2v) is 6.11. The van der Waals surface area contributed by atoms with Crippen LogP contribution >= 0.6 is 0 Å². The molecule has 3 heteroatoms. The van der Waals surface area contributed by atoms with Gasteiger partial charge in [-0.1, -0.05) is 32.0 Å². The van der Waals surface area contributed by atoms with Crippen LogP contribution in [0.3, 0.4) is 0 Å². The van der Waals surface area contributed by atoms with E-state index < -0.39 is 0 Å². The van der Waals surface area contributed by atoms with Crippen molar-refractivity contribution in [1.29, 1.82) is 5.26 Å². The Labute approximate surface area is 136 Å². The Morgan fingerprint density at radius 2 is 1.83 bits per heavy atom. The van der Waals surface area contributed by atoms with Crippen LogP contribution in [0.15, 0.2) is 54.7 Å². The topological polar surface area (TPSA) is 38.0 Å². The van der Waals surface area contributed by atoms with Crippen LogP contribution in [0, 0.1) is 17.2 Å². The molecule has 0 fully saturated rings. The van der Waals surface area contributed by atoms with E-state index in [1.807, 2.05) is 30.3 Å². The first kappa shape index (κ1) is 15.3. The maximum atomic E-state index is 8.94. The molecule has 1 aromatic heterocycles. The van der Waals surface area contributed by atoms with E-state index in [4.69, 9.17) is 10.00 Å². The summed E-state index contributed by atoms with van der Waals surface area (Å²) in [5, 5.41) is 10.2. The van der Waals surface area contributed by atoms with Crippen LogP contribution in [-0.4, -0.2) is 11.2 Å².